The molecule has 3 rings (SSSR count). The van der Waals surface area contributed by atoms with Gasteiger partial charge < -0.3 is 10.2 Å². The first-order valence-electron chi connectivity index (χ1n) is 9.39. The van der Waals surface area contributed by atoms with E-state index in [0.29, 0.717) is 35.4 Å². The number of fused-ring (bicyclic) bond motifs is 1. The Kier molecular flexibility index (Phi) is 5.85. The molecule has 0 aliphatic heterocycles. The van der Waals surface area contributed by atoms with Crippen LogP contribution in [0.3, 0.4) is 0 Å². The predicted molar refractivity (Wildman–Crippen MR) is 113 cm³/mol. The Hall–Kier alpha value is -2.98. The van der Waals surface area contributed by atoms with Crippen LogP contribution in [0, 0.1) is 11.3 Å². The van der Waals surface area contributed by atoms with Crippen LogP contribution < -0.4 is 5.32 Å². The van der Waals surface area contributed by atoms with Gasteiger partial charge in [0.05, 0.1) is 11.3 Å². The Balaban J connectivity index is 1.80. The lowest BCUT2D eigenvalue weighted by Gasteiger charge is -2.19. The molecule has 29 heavy (non-hydrogen) atoms. The highest BCUT2D eigenvalue weighted by atomic mass is 32.1. The fourth-order valence-corrected chi connectivity index (χ4v) is 4.40. The van der Waals surface area contributed by atoms with Gasteiger partial charge in [0.15, 0.2) is 0 Å². The Bertz CT molecular complexity index is 1020. The van der Waals surface area contributed by atoms with Gasteiger partial charge in [0.25, 0.3) is 5.91 Å². The minimum Gasteiger partial charge on any atom is -0.319 e. The summed E-state index contributed by atoms with van der Waals surface area (Å²) in [7, 11) is 0. The molecule has 1 N–H and O–H groups in total. The minimum absolute atomic E-state index is 0.0150. The maximum atomic E-state index is 12.7. The van der Waals surface area contributed by atoms with Crippen LogP contribution in [0.4, 0.5) is 5.00 Å². The van der Waals surface area contributed by atoms with Gasteiger partial charge in [0, 0.05) is 23.8 Å². The van der Waals surface area contributed by atoms with Gasteiger partial charge in [0.1, 0.15) is 11.1 Å². The first-order chi connectivity index (χ1) is 13.7. The van der Waals surface area contributed by atoms with E-state index in [1.807, 2.05) is 12.1 Å². The molecule has 0 bridgehead atoms. The van der Waals surface area contributed by atoms with E-state index >= 15 is 0 Å². The molecule has 0 radical (unpaired) electrons. The molecule has 0 saturated carbocycles. The summed E-state index contributed by atoms with van der Waals surface area (Å²) in [4.78, 5) is 29.4. The minimum atomic E-state index is -0.461. The van der Waals surface area contributed by atoms with Crippen LogP contribution in [-0.2, 0) is 27.9 Å². The number of nitriles is 1. The van der Waals surface area contributed by atoms with Crippen LogP contribution in [0.15, 0.2) is 29.4 Å². The van der Waals surface area contributed by atoms with Crippen LogP contribution in [0.1, 0.15) is 66.0 Å². The second-order valence-corrected chi connectivity index (χ2v) is 9.12. The van der Waals surface area contributed by atoms with Crippen molar-refractivity contribution in [1.29, 1.82) is 5.26 Å². The van der Waals surface area contributed by atoms with E-state index in [-0.39, 0.29) is 11.3 Å². The van der Waals surface area contributed by atoms with E-state index in [9.17, 15) is 14.9 Å². The summed E-state index contributed by atoms with van der Waals surface area (Å²) in [5, 5.41) is 16.9. The number of carbonyl (C=O) groups excluding carboxylic acids is 2. The molecule has 1 aromatic carbocycles. The topological polar surface area (TPSA) is 91.5 Å². The molecule has 1 aliphatic carbocycles. The summed E-state index contributed by atoms with van der Waals surface area (Å²) >= 11 is 1.38. The molecule has 0 spiro atoms. The fourth-order valence-electron chi connectivity index (χ4n) is 3.17. The summed E-state index contributed by atoms with van der Waals surface area (Å²) in [5.74, 6) is -0.702. The maximum absolute atomic E-state index is 12.7. The zero-order valence-corrected chi connectivity index (χ0v) is 17.8. The van der Waals surface area contributed by atoms with Gasteiger partial charge in [-0.15, -0.1) is 11.3 Å². The number of nitrogens with one attached hydrogen (secondary N) is 1. The fraction of sp³-hybridized carbons (Fsp3) is 0.364. The third-order valence-electron chi connectivity index (χ3n) is 4.77. The average Bonchev–Trinajstić information content (AvgIpc) is 3.01. The molecule has 150 valence electrons. The first-order valence-corrected chi connectivity index (χ1v) is 10.2. The number of nitrogens with zero attached hydrogens (tertiary/aromatic N) is 2. The average molecular weight is 410 g/mol. The summed E-state index contributed by atoms with van der Waals surface area (Å²) < 4.78 is 0. The molecule has 1 aromatic heterocycles. The maximum Gasteiger partial charge on any atom is 0.331 e. The third-order valence-corrected chi connectivity index (χ3v) is 5.92. The van der Waals surface area contributed by atoms with Crippen LogP contribution in [0.25, 0.3) is 0 Å². The van der Waals surface area contributed by atoms with Gasteiger partial charge in [-0.05, 0) is 41.5 Å². The number of hydrogen-bond acceptors (Lipinski definition) is 6. The normalized spacial score (nSPS) is 14.8. The molecule has 7 heteroatoms. The molecule has 6 nitrogen and oxygen atoms in total. The molecule has 0 fully saturated rings. The number of carbonyl (C=O) groups is 2. The molecular formula is C22H23N3O3S. The summed E-state index contributed by atoms with van der Waals surface area (Å²) in [6.45, 7) is 7.67. The first kappa shape index (κ1) is 20.7. The lowest BCUT2D eigenvalue weighted by atomic mass is 9.87. The van der Waals surface area contributed by atoms with Gasteiger partial charge in [-0.3, -0.25) is 4.79 Å². The molecule has 0 atom stereocenters. The number of anilines is 1. The van der Waals surface area contributed by atoms with Crippen LogP contribution >= 0.6 is 11.3 Å². The number of hydrogen-bond donors (Lipinski definition) is 1. The zero-order valence-electron chi connectivity index (χ0n) is 17.0. The number of benzene rings is 1. The zero-order chi connectivity index (χ0) is 21.2. The summed E-state index contributed by atoms with van der Waals surface area (Å²) in [6, 6.07) is 9.75. The largest absolute Gasteiger partial charge is 0.331 e. The van der Waals surface area contributed by atoms with Gasteiger partial charge in [-0.2, -0.15) is 5.26 Å². The lowest BCUT2D eigenvalue weighted by Crippen LogP contribution is -2.14. The van der Waals surface area contributed by atoms with Crippen molar-refractivity contribution in [2.45, 2.75) is 52.4 Å². The highest BCUT2D eigenvalue weighted by Gasteiger charge is 2.25. The summed E-state index contributed by atoms with van der Waals surface area (Å²) in [5.41, 5.74) is 3.92. The van der Waals surface area contributed by atoms with E-state index in [1.54, 1.807) is 12.1 Å². The standard InChI is InChI=1S/C22H23N3O3S/c1-13(26)28-25-16-9-10-17-18(12-23)21(29-19(17)11-16)24-20(27)14-5-7-15(8-6-14)22(2,3)4/h5-8H,9-11H2,1-4H3,(H,24,27)/b25-16+. The van der Waals surface area contributed by atoms with Crippen LogP contribution in [0.5, 0.6) is 0 Å². The summed E-state index contributed by atoms with van der Waals surface area (Å²) in [6.07, 6.45) is 1.76. The third kappa shape index (κ3) is 4.72. The van der Waals surface area contributed by atoms with E-state index in [2.05, 4.69) is 37.3 Å². The predicted octanol–water partition coefficient (Wildman–Crippen LogP) is 4.58. The van der Waals surface area contributed by atoms with Gasteiger partial charge in [-0.25, -0.2) is 4.79 Å². The number of rotatable bonds is 3. The van der Waals surface area contributed by atoms with E-state index in [0.717, 1.165) is 21.7 Å². The van der Waals surface area contributed by atoms with E-state index in [1.165, 1.54) is 18.3 Å². The molecule has 0 unspecified atom stereocenters. The van der Waals surface area contributed by atoms with Gasteiger partial charge in [-0.1, -0.05) is 38.1 Å². The monoisotopic (exact) mass is 409 g/mol. The highest BCUT2D eigenvalue weighted by molar-refractivity contribution is 7.16. The van der Waals surface area contributed by atoms with Crippen molar-refractivity contribution in [3.63, 3.8) is 0 Å². The number of oxime groups is 1. The Morgan fingerprint density at radius 3 is 2.48 bits per heavy atom. The van der Waals surface area contributed by atoms with Gasteiger partial charge in [0.2, 0.25) is 0 Å². The van der Waals surface area contributed by atoms with Gasteiger partial charge >= 0.3 is 5.97 Å². The van der Waals surface area contributed by atoms with Crippen LogP contribution in [0.2, 0.25) is 0 Å². The van der Waals surface area contributed by atoms with Crippen molar-refractivity contribution in [3.05, 3.63) is 51.4 Å². The van der Waals surface area contributed by atoms with Crippen molar-refractivity contribution in [2.75, 3.05) is 5.32 Å². The van der Waals surface area contributed by atoms with Crippen molar-refractivity contribution in [2.24, 2.45) is 5.16 Å². The molecular weight excluding hydrogens is 386 g/mol. The van der Waals surface area contributed by atoms with Crippen molar-refractivity contribution in [1.82, 2.24) is 0 Å². The SMILES string of the molecule is CC(=O)O/N=C1\CCc2c(sc(NC(=O)c3ccc(C(C)(C)C)cc3)c2C#N)C1. The quantitative estimate of drug-likeness (QED) is 0.593. The number of thiophene rings is 1. The van der Waals surface area contributed by atoms with E-state index in [4.69, 9.17) is 4.84 Å². The molecule has 2 aromatic rings. The molecule has 0 saturated heterocycles. The molecule has 1 heterocycles. The molecule has 1 aliphatic rings. The van der Waals surface area contributed by atoms with Crippen molar-refractivity contribution < 1.29 is 14.4 Å². The smallest absolute Gasteiger partial charge is 0.319 e. The lowest BCUT2D eigenvalue weighted by molar-refractivity contribution is -0.140. The van der Waals surface area contributed by atoms with E-state index < -0.39 is 5.97 Å². The molecule has 1 amide bonds. The van der Waals surface area contributed by atoms with Crippen molar-refractivity contribution in [3.8, 4) is 6.07 Å². The second kappa shape index (κ2) is 8.18. The van der Waals surface area contributed by atoms with Crippen molar-refractivity contribution >= 4 is 33.9 Å². The Labute approximate surface area is 174 Å². The Morgan fingerprint density at radius 2 is 1.90 bits per heavy atom. The number of amides is 1. The Morgan fingerprint density at radius 1 is 1.21 bits per heavy atom. The highest BCUT2D eigenvalue weighted by Crippen LogP contribution is 2.37. The van der Waals surface area contributed by atoms with Crippen LogP contribution in [-0.4, -0.2) is 17.6 Å². The second-order valence-electron chi connectivity index (χ2n) is 8.02.